The van der Waals surface area contributed by atoms with Crippen LogP contribution in [-0.2, 0) is 4.79 Å². The third-order valence-electron chi connectivity index (χ3n) is 3.07. The van der Waals surface area contributed by atoms with E-state index in [0.29, 0.717) is 17.9 Å². The number of urea groups is 1. The van der Waals surface area contributed by atoms with E-state index in [1.807, 2.05) is 32.2 Å². The number of hydrogen-bond donors (Lipinski definition) is 3. The van der Waals surface area contributed by atoms with Crippen LogP contribution in [0.2, 0.25) is 0 Å². The molecule has 1 aromatic carbocycles. The highest BCUT2D eigenvalue weighted by Crippen LogP contribution is 2.17. The average Bonchev–Trinajstić information content (AvgIpc) is 2.39. The van der Waals surface area contributed by atoms with Gasteiger partial charge in [-0.2, -0.15) is 11.8 Å². The first-order chi connectivity index (χ1) is 9.45. The monoisotopic (exact) mass is 296 g/mol. The molecule has 0 aliphatic rings. The Morgan fingerprint density at radius 1 is 1.35 bits per heavy atom. The first-order valence-electron chi connectivity index (χ1n) is 6.31. The lowest BCUT2D eigenvalue weighted by Gasteiger charge is -2.16. The van der Waals surface area contributed by atoms with Crippen molar-refractivity contribution in [3.05, 3.63) is 29.3 Å². The fourth-order valence-electron chi connectivity index (χ4n) is 1.70. The van der Waals surface area contributed by atoms with Gasteiger partial charge in [-0.05, 0) is 49.5 Å². The van der Waals surface area contributed by atoms with Crippen molar-refractivity contribution in [1.29, 1.82) is 0 Å². The summed E-state index contributed by atoms with van der Waals surface area (Å²) in [6, 6.07) is 4.23. The molecule has 1 rings (SSSR count). The van der Waals surface area contributed by atoms with Crippen molar-refractivity contribution in [2.75, 3.05) is 17.3 Å². The van der Waals surface area contributed by atoms with Gasteiger partial charge in [0, 0.05) is 5.69 Å². The minimum atomic E-state index is -1.02. The summed E-state index contributed by atoms with van der Waals surface area (Å²) < 4.78 is 0. The zero-order valence-corrected chi connectivity index (χ0v) is 12.7. The topological polar surface area (TPSA) is 78.4 Å². The first kappa shape index (κ1) is 16.4. The lowest BCUT2D eigenvalue weighted by atomic mass is 10.1. The quantitative estimate of drug-likeness (QED) is 0.754. The van der Waals surface area contributed by atoms with Crippen LogP contribution in [0.3, 0.4) is 0 Å². The Bertz CT molecular complexity index is 491. The summed E-state index contributed by atoms with van der Waals surface area (Å²) in [6.07, 6.45) is 2.30. The Morgan fingerprint density at radius 2 is 2.05 bits per heavy atom. The number of rotatable bonds is 6. The van der Waals surface area contributed by atoms with Crippen molar-refractivity contribution in [2.45, 2.75) is 26.3 Å². The van der Waals surface area contributed by atoms with Gasteiger partial charge in [-0.1, -0.05) is 12.1 Å². The zero-order valence-electron chi connectivity index (χ0n) is 11.9. The molecule has 0 radical (unpaired) electrons. The van der Waals surface area contributed by atoms with E-state index < -0.39 is 18.0 Å². The summed E-state index contributed by atoms with van der Waals surface area (Å²) >= 11 is 1.55. The summed E-state index contributed by atoms with van der Waals surface area (Å²) in [4.78, 5) is 22.9. The molecule has 0 spiro atoms. The molecule has 0 heterocycles. The molecule has 0 aliphatic carbocycles. The second kappa shape index (κ2) is 7.79. The largest absolute Gasteiger partial charge is 0.480 e. The Morgan fingerprint density at radius 3 is 2.65 bits per heavy atom. The third kappa shape index (κ3) is 4.77. The van der Waals surface area contributed by atoms with Crippen molar-refractivity contribution >= 4 is 29.4 Å². The molecule has 0 aromatic heterocycles. The van der Waals surface area contributed by atoms with Gasteiger partial charge in [0.2, 0.25) is 0 Å². The Hall–Kier alpha value is -1.69. The van der Waals surface area contributed by atoms with Gasteiger partial charge in [0.05, 0.1) is 0 Å². The van der Waals surface area contributed by atoms with Crippen LogP contribution < -0.4 is 10.6 Å². The number of aryl methyl sites for hydroxylation is 1. The van der Waals surface area contributed by atoms with Crippen LogP contribution in [0.4, 0.5) is 10.5 Å². The van der Waals surface area contributed by atoms with Crippen molar-refractivity contribution in [3.8, 4) is 0 Å². The molecular weight excluding hydrogens is 276 g/mol. The van der Waals surface area contributed by atoms with Crippen LogP contribution in [0, 0.1) is 13.8 Å². The molecule has 0 saturated heterocycles. The van der Waals surface area contributed by atoms with E-state index in [9.17, 15) is 9.59 Å². The molecule has 0 saturated carbocycles. The van der Waals surface area contributed by atoms with E-state index in [2.05, 4.69) is 10.6 Å². The number of hydrogen-bond acceptors (Lipinski definition) is 3. The summed E-state index contributed by atoms with van der Waals surface area (Å²) in [5.74, 6) is -0.337. The molecule has 0 bridgehead atoms. The highest BCUT2D eigenvalue weighted by molar-refractivity contribution is 7.98. The van der Waals surface area contributed by atoms with Crippen molar-refractivity contribution < 1.29 is 14.7 Å². The number of aliphatic carboxylic acids is 1. The number of carboxylic acids is 1. The van der Waals surface area contributed by atoms with Crippen LogP contribution in [0.25, 0.3) is 0 Å². The van der Waals surface area contributed by atoms with Crippen molar-refractivity contribution in [3.63, 3.8) is 0 Å². The summed E-state index contributed by atoms with van der Waals surface area (Å²) in [7, 11) is 0. The van der Waals surface area contributed by atoms with Crippen molar-refractivity contribution in [1.82, 2.24) is 5.32 Å². The van der Waals surface area contributed by atoms with Gasteiger partial charge in [0.15, 0.2) is 0 Å². The van der Waals surface area contributed by atoms with Gasteiger partial charge in [0.25, 0.3) is 0 Å². The Labute approximate surface area is 123 Å². The van der Waals surface area contributed by atoms with E-state index in [-0.39, 0.29) is 0 Å². The van der Waals surface area contributed by atoms with Crippen LogP contribution in [0.1, 0.15) is 17.5 Å². The molecule has 2 amide bonds. The maximum Gasteiger partial charge on any atom is 0.326 e. The number of carboxylic acid groups (broad SMARTS) is 1. The number of anilines is 1. The molecule has 1 aromatic rings. The maximum atomic E-state index is 11.9. The second-order valence-corrected chi connectivity index (χ2v) is 5.50. The van der Waals surface area contributed by atoms with Crippen LogP contribution in [0.15, 0.2) is 18.2 Å². The van der Waals surface area contributed by atoms with Crippen LogP contribution in [-0.4, -0.2) is 35.2 Å². The summed E-state index contributed by atoms with van der Waals surface area (Å²) in [6.45, 7) is 3.87. The summed E-state index contributed by atoms with van der Waals surface area (Å²) in [5, 5.41) is 14.2. The number of thioether (sulfide) groups is 1. The van der Waals surface area contributed by atoms with Crippen LogP contribution >= 0.6 is 11.8 Å². The normalized spacial score (nSPS) is 11.8. The number of nitrogens with one attached hydrogen (secondary N) is 2. The number of carbonyl (C=O) groups is 2. The molecule has 20 heavy (non-hydrogen) atoms. The first-order valence-corrected chi connectivity index (χ1v) is 7.70. The standard InChI is InChI=1S/C14H20N2O3S/c1-9-5-4-6-11(10(9)2)15-14(19)16-12(13(17)18)7-8-20-3/h4-6,12H,7-8H2,1-3H3,(H,17,18)(H2,15,16,19)/t12-/m0/s1. The molecular formula is C14H20N2O3S. The zero-order chi connectivity index (χ0) is 15.1. The molecule has 5 nitrogen and oxygen atoms in total. The predicted molar refractivity (Wildman–Crippen MR) is 82.5 cm³/mol. The third-order valence-corrected chi connectivity index (χ3v) is 3.71. The van der Waals surface area contributed by atoms with Gasteiger partial charge in [0.1, 0.15) is 6.04 Å². The van der Waals surface area contributed by atoms with E-state index in [0.717, 1.165) is 11.1 Å². The van der Waals surface area contributed by atoms with Gasteiger partial charge in [-0.25, -0.2) is 9.59 Å². The molecule has 0 unspecified atom stereocenters. The maximum absolute atomic E-state index is 11.9. The van der Waals surface area contributed by atoms with E-state index in [1.54, 1.807) is 17.8 Å². The number of carbonyl (C=O) groups excluding carboxylic acids is 1. The SMILES string of the molecule is CSCC[C@H](NC(=O)Nc1cccc(C)c1C)C(=O)O. The highest BCUT2D eigenvalue weighted by Gasteiger charge is 2.19. The van der Waals surface area contributed by atoms with Gasteiger partial charge < -0.3 is 15.7 Å². The van der Waals surface area contributed by atoms with Gasteiger partial charge in [-0.3, -0.25) is 0 Å². The Kier molecular flexibility index (Phi) is 6.38. The van der Waals surface area contributed by atoms with Crippen molar-refractivity contribution in [2.24, 2.45) is 0 Å². The minimum Gasteiger partial charge on any atom is -0.480 e. The molecule has 1 atom stereocenters. The Balaban J connectivity index is 2.66. The molecule has 110 valence electrons. The van der Waals surface area contributed by atoms with E-state index >= 15 is 0 Å². The fraction of sp³-hybridized carbons (Fsp3) is 0.429. The lowest BCUT2D eigenvalue weighted by molar-refractivity contribution is -0.139. The summed E-state index contributed by atoms with van der Waals surface area (Å²) in [5.41, 5.74) is 2.73. The fourth-order valence-corrected chi connectivity index (χ4v) is 2.17. The van der Waals surface area contributed by atoms with Crippen LogP contribution in [0.5, 0.6) is 0 Å². The molecule has 0 fully saturated rings. The smallest absolute Gasteiger partial charge is 0.326 e. The van der Waals surface area contributed by atoms with Gasteiger partial charge >= 0.3 is 12.0 Å². The van der Waals surface area contributed by atoms with Gasteiger partial charge in [-0.15, -0.1) is 0 Å². The average molecular weight is 296 g/mol. The predicted octanol–water partition coefficient (Wildman–Crippen LogP) is 2.63. The van der Waals surface area contributed by atoms with E-state index in [4.69, 9.17) is 5.11 Å². The number of amides is 2. The minimum absolute atomic E-state index is 0.400. The second-order valence-electron chi connectivity index (χ2n) is 4.52. The molecule has 0 aliphatic heterocycles. The highest BCUT2D eigenvalue weighted by atomic mass is 32.2. The molecule has 6 heteroatoms. The van der Waals surface area contributed by atoms with E-state index in [1.165, 1.54) is 0 Å². The lowest BCUT2D eigenvalue weighted by Crippen LogP contribution is -2.43. The molecule has 3 N–H and O–H groups in total. The number of benzene rings is 1.